The summed E-state index contributed by atoms with van der Waals surface area (Å²) in [5, 5.41) is 11.8. The zero-order valence-corrected chi connectivity index (χ0v) is 10.9. The molecule has 2 aliphatic heterocycles. The molecule has 0 saturated carbocycles. The summed E-state index contributed by atoms with van der Waals surface area (Å²) in [4.78, 5) is 37.4. The number of nitrogens with one attached hydrogen (secondary N) is 1. The highest BCUT2D eigenvalue weighted by Gasteiger charge is 2.52. The first-order valence-corrected chi connectivity index (χ1v) is 6.44. The van der Waals surface area contributed by atoms with E-state index in [4.69, 9.17) is 0 Å². The van der Waals surface area contributed by atoms with Crippen molar-refractivity contribution in [2.45, 2.75) is 19.0 Å². The smallest absolute Gasteiger partial charge is 0.262 e. The van der Waals surface area contributed by atoms with Crippen LogP contribution in [0.4, 0.5) is 0 Å². The van der Waals surface area contributed by atoms with E-state index in [2.05, 4.69) is 5.32 Å². The largest absolute Gasteiger partial charge is 0.396 e. The van der Waals surface area contributed by atoms with Crippen LogP contribution in [0.1, 0.15) is 27.6 Å². The number of imide groups is 1. The minimum Gasteiger partial charge on any atom is -0.396 e. The molecule has 3 atom stereocenters. The summed E-state index contributed by atoms with van der Waals surface area (Å²) in [6.45, 7) is 1.64. The fourth-order valence-electron chi connectivity index (χ4n) is 2.70. The Kier molecular flexibility index (Phi) is 2.83. The highest BCUT2D eigenvalue weighted by molar-refractivity contribution is 6.23. The summed E-state index contributed by atoms with van der Waals surface area (Å²) < 4.78 is 0. The molecule has 3 amide bonds. The van der Waals surface area contributed by atoms with Crippen LogP contribution in [0.15, 0.2) is 24.3 Å². The average molecular weight is 274 g/mol. The number of amides is 3. The van der Waals surface area contributed by atoms with Gasteiger partial charge in [0.05, 0.1) is 17.2 Å². The maximum atomic E-state index is 12.3. The number of aliphatic hydroxyl groups excluding tert-OH is 1. The highest BCUT2D eigenvalue weighted by atomic mass is 16.3. The summed E-state index contributed by atoms with van der Waals surface area (Å²) in [6, 6.07) is 5.30. The zero-order chi connectivity index (χ0) is 14.4. The summed E-state index contributed by atoms with van der Waals surface area (Å²) in [6.07, 6.45) is 0. The SMILES string of the molecule is C[C@@H](CO)[C@H]1NC(=O)[C@@H]1N1C(=O)c2ccccc2C1=O. The van der Waals surface area contributed by atoms with Gasteiger partial charge in [0, 0.05) is 12.5 Å². The van der Waals surface area contributed by atoms with Gasteiger partial charge in [-0.05, 0) is 12.1 Å². The van der Waals surface area contributed by atoms with Gasteiger partial charge in [0.1, 0.15) is 6.04 Å². The van der Waals surface area contributed by atoms with Crippen LogP contribution in [-0.2, 0) is 4.79 Å². The number of rotatable bonds is 3. The Morgan fingerprint density at radius 2 is 1.75 bits per heavy atom. The van der Waals surface area contributed by atoms with Gasteiger partial charge in [0.15, 0.2) is 0 Å². The maximum Gasteiger partial charge on any atom is 0.262 e. The molecule has 0 spiro atoms. The number of fused-ring (bicyclic) bond motifs is 1. The van der Waals surface area contributed by atoms with Crippen molar-refractivity contribution >= 4 is 17.7 Å². The van der Waals surface area contributed by atoms with E-state index in [0.717, 1.165) is 4.90 Å². The number of hydrogen-bond donors (Lipinski definition) is 2. The third kappa shape index (κ3) is 1.58. The molecule has 6 heteroatoms. The van der Waals surface area contributed by atoms with Crippen molar-refractivity contribution in [3.63, 3.8) is 0 Å². The fraction of sp³-hybridized carbons (Fsp3) is 0.357. The number of hydrogen-bond acceptors (Lipinski definition) is 4. The van der Waals surface area contributed by atoms with Crippen LogP contribution in [-0.4, -0.2) is 46.4 Å². The number of carbonyl (C=O) groups is 3. The Bertz CT molecular complexity index is 578. The van der Waals surface area contributed by atoms with Crippen molar-refractivity contribution in [2.75, 3.05) is 6.61 Å². The number of aliphatic hydroxyl groups is 1. The van der Waals surface area contributed by atoms with Crippen molar-refractivity contribution in [1.29, 1.82) is 0 Å². The van der Waals surface area contributed by atoms with E-state index < -0.39 is 23.9 Å². The van der Waals surface area contributed by atoms with Crippen LogP contribution in [0.5, 0.6) is 0 Å². The lowest BCUT2D eigenvalue weighted by atomic mass is 9.87. The molecule has 2 N–H and O–H groups in total. The van der Waals surface area contributed by atoms with Gasteiger partial charge < -0.3 is 10.4 Å². The maximum absolute atomic E-state index is 12.3. The molecule has 0 bridgehead atoms. The molecule has 0 radical (unpaired) electrons. The van der Waals surface area contributed by atoms with E-state index in [-0.39, 0.29) is 18.4 Å². The van der Waals surface area contributed by atoms with Gasteiger partial charge in [-0.1, -0.05) is 19.1 Å². The monoisotopic (exact) mass is 274 g/mol. The minimum absolute atomic E-state index is 0.120. The molecule has 2 aliphatic rings. The Hall–Kier alpha value is -2.21. The predicted octanol–water partition coefficient (Wildman–Crippen LogP) is -0.222. The van der Waals surface area contributed by atoms with Gasteiger partial charge >= 0.3 is 0 Å². The van der Waals surface area contributed by atoms with Crippen LogP contribution >= 0.6 is 0 Å². The first-order valence-electron chi connectivity index (χ1n) is 6.44. The van der Waals surface area contributed by atoms with Crippen LogP contribution in [0, 0.1) is 5.92 Å². The van der Waals surface area contributed by atoms with Crippen LogP contribution in [0.25, 0.3) is 0 Å². The molecule has 104 valence electrons. The van der Waals surface area contributed by atoms with Crippen molar-refractivity contribution in [2.24, 2.45) is 5.92 Å². The second kappa shape index (κ2) is 4.42. The van der Waals surface area contributed by atoms with Crippen LogP contribution < -0.4 is 5.32 Å². The molecule has 1 aromatic carbocycles. The lowest BCUT2D eigenvalue weighted by molar-refractivity contribution is -0.136. The second-order valence-electron chi connectivity index (χ2n) is 5.16. The van der Waals surface area contributed by atoms with Gasteiger partial charge in [-0.25, -0.2) is 0 Å². The lowest BCUT2D eigenvalue weighted by Gasteiger charge is -2.43. The van der Waals surface area contributed by atoms with Crippen molar-refractivity contribution in [3.05, 3.63) is 35.4 Å². The molecule has 6 nitrogen and oxygen atoms in total. The van der Waals surface area contributed by atoms with Gasteiger partial charge in [-0.2, -0.15) is 0 Å². The highest BCUT2D eigenvalue weighted by Crippen LogP contribution is 2.30. The van der Waals surface area contributed by atoms with E-state index in [1.54, 1.807) is 31.2 Å². The van der Waals surface area contributed by atoms with Crippen LogP contribution in [0.2, 0.25) is 0 Å². The second-order valence-corrected chi connectivity index (χ2v) is 5.16. The number of carbonyl (C=O) groups excluding carboxylic acids is 3. The number of β-lactam (4-membered cyclic amide) rings is 1. The molecule has 1 aromatic rings. The topological polar surface area (TPSA) is 86.7 Å². The van der Waals surface area contributed by atoms with Crippen molar-refractivity contribution < 1.29 is 19.5 Å². The molecular formula is C14H14N2O4. The minimum atomic E-state index is -0.829. The quantitative estimate of drug-likeness (QED) is 0.589. The van der Waals surface area contributed by atoms with E-state index in [9.17, 15) is 19.5 Å². The molecule has 3 rings (SSSR count). The van der Waals surface area contributed by atoms with Crippen LogP contribution in [0.3, 0.4) is 0 Å². The molecule has 1 saturated heterocycles. The van der Waals surface area contributed by atoms with Gasteiger partial charge in [0.2, 0.25) is 5.91 Å². The van der Waals surface area contributed by atoms with Gasteiger partial charge in [0.25, 0.3) is 11.8 Å². The zero-order valence-electron chi connectivity index (χ0n) is 10.9. The van der Waals surface area contributed by atoms with Gasteiger partial charge in [-0.3, -0.25) is 19.3 Å². The van der Waals surface area contributed by atoms with E-state index >= 15 is 0 Å². The standard InChI is InChI=1S/C14H14N2O4/c1-7(6-17)10-11(12(18)15-10)16-13(19)8-4-2-3-5-9(8)14(16)20/h2-5,7,10-11,17H,6H2,1H3,(H,15,18)/t7-,10+,11+/m0/s1. The first kappa shape index (κ1) is 12.8. The normalized spacial score (nSPS) is 26.1. The Morgan fingerprint density at radius 3 is 2.20 bits per heavy atom. The average Bonchev–Trinajstić information content (AvgIpc) is 2.70. The predicted molar refractivity (Wildman–Crippen MR) is 68.9 cm³/mol. The Morgan fingerprint density at radius 1 is 1.20 bits per heavy atom. The third-order valence-electron chi connectivity index (χ3n) is 3.92. The summed E-state index contributed by atoms with van der Waals surface area (Å²) in [5.41, 5.74) is 0.653. The van der Waals surface area contributed by atoms with E-state index in [1.165, 1.54) is 0 Å². The van der Waals surface area contributed by atoms with Crippen molar-refractivity contribution in [1.82, 2.24) is 10.2 Å². The van der Waals surface area contributed by atoms with E-state index in [0.29, 0.717) is 11.1 Å². The Balaban J connectivity index is 1.94. The first-order chi connectivity index (χ1) is 9.56. The Labute approximate surface area is 115 Å². The number of benzene rings is 1. The van der Waals surface area contributed by atoms with E-state index in [1.807, 2.05) is 0 Å². The molecule has 20 heavy (non-hydrogen) atoms. The lowest BCUT2D eigenvalue weighted by Crippen LogP contribution is -2.72. The van der Waals surface area contributed by atoms with Crippen molar-refractivity contribution in [3.8, 4) is 0 Å². The molecular weight excluding hydrogens is 260 g/mol. The molecule has 0 unspecified atom stereocenters. The molecule has 2 heterocycles. The summed E-state index contributed by atoms with van der Waals surface area (Å²) in [5.74, 6) is -1.46. The summed E-state index contributed by atoms with van der Waals surface area (Å²) >= 11 is 0. The molecule has 0 aliphatic carbocycles. The fourth-order valence-corrected chi connectivity index (χ4v) is 2.70. The third-order valence-corrected chi connectivity index (χ3v) is 3.92. The summed E-state index contributed by atoms with van der Waals surface area (Å²) in [7, 11) is 0. The molecule has 0 aromatic heterocycles. The van der Waals surface area contributed by atoms with Gasteiger partial charge in [-0.15, -0.1) is 0 Å². The molecule has 1 fully saturated rings. The number of nitrogens with zero attached hydrogens (tertiary/aromatic N) is 1.